The fourth-order valence-electron chi connectivity index (χ4n) is 2.53. The number of aromatic nitrogens is 2. The van der Waals surface area contributed by atoms with E-state index in [-0.39, 0.29) is 11.9 Å². The number of urea groups is 1. The monoisotopic (exact) mass is 368 g/mol. The van der Waals surface area contributed by atoms with Crippen molar-refractivity contribution < 1.29 is 4.79 Å². The summed E-state index contributed by atoms with van der Waals surface area (Å²) in [6, 6.07) is 18.7. The Morgan fingerprint density at radius 2 is 1.77 bits per heavy atom. The summed E-state index contributed by atoms with van der Waals surface area (Å²) in [7, 11) is 0. The molecule has 2 amide bonds. The number of hydrogen-bond donors (Lipinski definition) is 2. The van der Waals surface area contributed by atoms with Gasteiger partial charge in [0, 0.05) is 6.07 Å². The molecule has 0 saturated heterocycles. The molecular weight excluding hydrogens is 348 g/mol. The zero-order chi connectivity index (χ0) is 18.5. The van der Waals surface area contributed by atoms with Crippen LogP contribution in [0.15, 0.2) is 60.7 Å². The van der Waals surface area contributed by atoms with Gasteiger partial charge in [-0.25, -0.2) is 9.48 Å². The molecule has 134 valence electrons. The van der Waals surface area contributed by atoms with Gasteiger partial charge in [-0.15, -0.1) is 0 Å². The highest BCUT2D eigenvalue weighted by Gasteiger charge is 2.14. The van der Waals surface area contributed by atoms with Gasteiger partial charge in [-0.1, -0.05) is 67.9 Å². The van der Waals surface area contributed by atoms with Crippen molar-refractivity contribution in [2.24, 2.45) is 0 Å². The van der Waals surface area contributed by atoms with Crippen LogP contribution in [0.1, 0.15) is 31.0 Å². The summed E-state index contributed by atoms with van der Waals surface area (Å²) < 4.78 is 1.80. The first-order valence-corrected chi connectivity index (χ1v) is 8.85. The van der Waals surface area contributed by atoms with Crippen LogP contribution >= 0.6 is 11.6 Å². The van der Waals surface area contributed by atoms with Crippen LogP contribution in [0.5, 0.6) is 0 Å². The van der Waals surface area contributed by atoms with Crippen molar-refractivity contribution >= 4 is 29.1 Å². The molecule has 1 heterocycles. The van der Waals surface area contributed by atoms with Gasteiger partial charge >= 0.3 is 6.03 Å². The van der Waals surface area contributed by atoms with E-state index in [2.05, 4.69) is 29.6 Å². The highest BCUT2D eigenvalue weighted by molar-refractivity contribution is 6.33. The molecule has 2 N–H and O–H groups in total. The number of halogens is 1. The van der Waals surface area contributed by atoms with E-state index in [1.807, 2.05) is 48.5 Å². The van der Waals surface area contributed by atoms with Crippen molar-refractivity contribution in [3.8, 4) is 0 Å². The Morgan fingerprint density at radius 3 is 2.46 bits per heavy atom. The summed E-state index contributed by atoms with van der Waals surface area (Å²) in [5.74, 6) is 0.904. The standard InChI is InChI=1S/C20H21ClN4O/c1-14(2)18-12-19(25(24-18)13-15-8-4-3-5-9-15)23-20(26)22-17-11-7-6-10-16(17)21/h3-12,14H,13H2,1-2H3,(H2,22,23,26). The quantitative estimate of drug-likeness (QED) is 0.637. The molecule has 0 fully saturated rings. The van der Waals surface area contributed by atoms with Crippen molar-refractivity contribution in [3.05, 3.63) is 76.9 Å². The molecule has 26 heavy (non-hydrogen) atoms. The molecule has 3 rings (SSSR count). The smallest absolute Gasteiger partial charge is 0.306 e. The number of rotatable bonds is 5. The van der Waals surface area contributed by atoms with Crippen LogP contribution in [0.25, 0.3) is 0 Å². The third-order valence-corrected chi connectivity index (χ3v) is 4.26. The Bertz CT molecular complexity index is 890. The average molecular weight is 369 g/mol. The van der Waals surface area contributed by atoms with Crippen molar-refractivity contribution in [2.45, 2.75) is 26.3 Å². The molecule has 2 aromatic carbocycles. The lowest BCUT2D eigenvalue weighted by Crippen LogP contribution is -2.22. The van der Waals surface area contributed by atoms with Gasteiger partial charge in [0.05, 0.1) is 22.9 Å². The summed E-state index contributed by atoms with van der Waals surface area (Å²) >= 11 is 6.10. The zero-order valence-corrected chi connectivity index (χ0v) is 15.5. The second-order valence-electron chi connectivity index (χ2n) is 6.31. The van der Waals surface area contributed by atoms with Gasteiger partial charge in [0.25, 0.3) is 0 Å². The molecule has 0 aliphatic rings. The van der Waals surface area contributed by atoms with Crippen molar-refractivity contribution in [1.29, 1.82) is 0 Å². The van der Waals surface area contributed by atoms with Crippen molar-refractivity contribution in [2.75, 3.05) is 10.6 Å². The molecule has 0 bridgehead atoms. The van der Waals surface area contributed by atoms with E-state index in [0.717, 1.165) is 11.3 Å². The Kier molecular flexibility index (Phi) is 5.58. The van der Waals surface area contributed by atoms with Gasteiger partial charge in [0.15, 0.2) is 0 Å². The summed E-state index contributed by atoms with van der Waals surface area (Å²) in [5, 5.41) is 10.8. The molecular formula is C20H21ClN4O. The highest BCUT2D eigenvalue weighted by atomic mass is 35.5. The van der Waals surface area contributed by atoms with E-state index in [1.165, 1.54) is 0 Å². The van der Waals surface area contributed by atoms with Crippen LogP contribution in [0.4, 0.5) is 16.3 Å². The normalized spacial score (nSPS) is 10.8. The predicted molar refractivity (Wildman–Crippen MR) is 106 cm³/mol. The predicted octanol–water partition coefficient (Wildman–Crippen LogP) is 5.35. The molecule has 0 unspecified atom stereocenters. The highest BCUT2D eigenvalue weighted by Crippen LogP contribution is 2.22. The Morgan fingerprint density at radius 1 is 1.08 bits per heavy atom. The number of nitrogens with one attached hydrogen (secondary N) is 2. The molecule has 0 aliphatic heterocycles. The third-order valence-electron chi connectivity index (χ3n) is 3.93. The van der Waals surface area contributed by atoms with Gasteiger partial charge in [-0.2, -0.15) is 5.10 Å². The van der Waals surface area contributed by atoms with Gasteiger partial charge < -0.3 is 5.32 Å². The van der Waals surface area contributed by atoms with Crippen LogP contribution in [-0.4, -0.2) is 15.8 Å². The van der Waals surface area contributed by atoms with E-state index in [9.17, 15) is 4.79 Å². The third kappa shape index (κ3) is 4.43. The van der Waals surface area contributed by atoms with Crippen LogP contribution in [0, 0.1) is 0 Å². The SMILES string of the molecule is CC(C)c1cc(NC(=O)Nc2ccccc2Cl)n(Cc2ccccc2)n1. The maximum atomic E-state index is 12.4. The van der Waals surface area contributed by atoms with Gasteiger partial charge in [0.2, 0.25) is 0 Å². The Balaban J connectivity index is 1.79. The topological polar surface area (TPSA) is 59.0 Å². The van der Waals surface area contributed by atoms with Gasteiger partial charge in [-0.3, -0.25) is 5.32 Å². The molecule has 0 radical (unpaired) electrons. The number of benzene rings is 2. The number of anilines is 2. The lowest BCUT2D eigenvalue weighted by Gasteiger charge is -2.11. The number of nitrogens with zero attached hydrogens (tertiary/aromatic N) is 2. The maximum Gasteiger partial charge on any atom is 0.324 e. The summed E-state index contributed by atoms with van der Waals surface area (Å²) in [5.41, 5.74) is 2.60. The first-order chi connectivity index (χ1) is 12.5. The number of para-hydroxylation sites is 1. The molecule has 3 aromatic rings. The maximum absolute atomic E-state index is 12.4. The zero-order valence-electron chi connectivity index (χ0n) is 14.7. The van der Waals surface area contributed by atoms with Crippen LogP contribution in [-0.2, 0) is 6.54 Å². The van der Waals surface area contributed by atoms with E-state index in [4.69, 9.17) is 11.6 Å². The summed E-state index contributed by atoms with van der Waals surface area (Å²) in [6.45, 7) is 4.72. The Hall–Kier alpha value is -2.79. The van der Waals surface area contributed by atoms with Crippen molar-refractivity contribution in [3.63, 3.8) is 0 Å². The van der Waals surface area contributed by atoms with Crippen LogP contribution < -0.4 is 10.6 Å². The summed E-state index contributed by atoms with van der Waals surface area (Å²) in [6.07, 6.45) is 0. The number of amides is 2. The fraction of sp³-hybridized carbons (Fsp3) is 0.200. The first-order valence-electron chi connectivity index (χ1n) is 8.47. The van der Waals surface area contributed by atoms with Crippen molar-refractivity contribution in [1.82, 2.24) is 9.78 Å². The minimum atomic E-state index is -0.359. The van der Waals surface area contributed by atoms with Crippen LogP contribution in [0.3, 0.4) is 0 Å². The second-order valence-corrected chi connectivity index (χ2v) is 6.72. The first kappa shape index (κ1) is 18.0. The van der Waals surface area contributed by atoms with E-state index >= 15 is 0 Å². The number of carbonyl (C=O) groups excluding carboxylic acids is 1. The van der Waals surface area contributed by atoms with Gasteiger partial charge in [-0.05, 0) is 23.6 Å². The Labute approximate surface area is 158 Å². The van der Waals surface area contributed by atoms with E-state index in [1.54, 1.807) is 16.8 Å². The lowest BCUT2D eigenvalue weighted by molar-refractivity contribution is 0.262. The number of hydrogen-bond acceptors (Lipinski definition) is 2. The molecule has 6 heteroatoms. The molecule has 5 nitrogen and oxygen atoms in total. The van der Waals surface area contributed by atoms with E-state index in [0.29, 0.717) is 23.1 Å². The largest absolute Gasteiger partial charge is 0.324 e. The average Bonchev–Trinajstić information content (AvgIpc) is 3.00. The van der Waals surface area contributed by atoms with Crippen LogP contribution in [0.2, 0.25) is 5.02 Å². The molecule has 0 atom stereocenters. The lowest BCUT2D eigenvalue weighted by atomic mass is 10.1. The molecule has 0 aliphatic carbocycles. The van der Waals surface area contributed by atoms with E-state index < -0.39 is 0 Å². The molecule has 1 aromatic heterocycles. The van der Waals surface area contributed by atoms with Gasteiger partial charge in [0.1, 0.15) is 5.82 Å². The summed E-state index contributed by atoms with van der Waals surface area (Å²) in [4.78, 5) is 12.4. The fourth-order valence-corrected chi connectivity index (χ4v) is 2.71. The minimum Gasteiger partial charge on any atom is -0.306 e. The molecule has 0 saturated carbocycles. The molecule has 0 spiro atoms. The minimum absolute atomic E-state index is 0.263. The second kappa shape index (κ2) is 8.06. The number of carbonyl (C=O) groups is 1.